The Morgan fingerprint density at radius 1 is 1.55 bits per heavy atom. The third-order valence-corrected chi connectivity index (χ3v) is 4.43. The SMILES string of the molecule is CN(Cc1ccco1)C(=O)CN1C[C@@H]2CCCN[C@@H]2C1. The predicted molar refractivity (Wildman–Crippen MR) is 76.1 cm³/mol. The maximum absolute atomic E-state index is 12.3. The van der Waals surface area contributed by atoms with E-state index >= 15 is 0 Å². The van der Waals surface area contributed by atoms with Gasteiger partial charge < -0.3 is 14.6 Å². The van der Waals surface area contributed by atoms with Crippen molar-refractivity contribution in [3.05, 3.63) is 24.2 Å². The van der Waals surface area contributed by atoms with Crippen molar-refractivity contribution in [2.45, 2.75) is 25.4 Å². The number of likely N-dealkylation sites (N-methyl/N-ethyl adjacent to an activating group) is 1. The summed E-state index contributed by atoms with van der Waals surface area (Å²) in [6.07, 6.45) is 4.20. The number of rotatable bonds is 4. The van der Waals surface area contributed by atoms with Crippen LogP contribution in [0.25, 0.3) is 0 Å². The number of hydrogen-bond donors (Lipinski definition) is 1. The molecule has 20 heavy (non-hydrogen) atoms. The van der Waals surface area contributed by atoms with Gasteiger partial charge in [-0.25, -0.2) is 0 Å². The summed E-state index contributed by atoms with van der Waals surface area (Å²) >= 11 is 0. The summed E-state index contributed by atoms with van der Waals surface area (Å²) in [4.78, 5) is 16.3. The molecule has 0 radical (unpaired) electrons. The summed E-state index contributed by atoms with van der Waals surface area (Å²) in [6, 6.07) is 4.34. The molecule has 3 rings (SSSR count). The first-order valence-electron chi connectivity index (χ1n) is 7.44. The van der Waals surface area contributed by atoms with Gasteiger partial charge in [-0.15, -0.1) is 0 Å². The van der Waals surface area contributed by atoms with Gasteiger partial charge in [0.2, 0.25) is 5.91 Å². The molecule has 1 amide bonds. The summed E-state index contributed by atoms with van der Waals surface area (Å²) in [5.41, 5.74) is 0. The van der Waals surface area contributed by atoms with Crippen LogP contribution in [0.2, 0.25) is 0 Å². The molecular weight excluding hydrogens is 254 g/mol. The number of nitrogens with one attached hydrogen (secondary N) is 1. The lowest BCUT2D eigenvalue weighted by atomic mass is 9.94. The van der Waals surface area contributed by atoms with Crippen molar-refractivity contribution in [1.29, 1.82) is 0 Å². The van der Waals surface area contributed by atoms with Crippen LogP contribution in [0.1, 0.15) is 18.6 Å². The number of carbonyl (C=O) groups excluding carboxylic acids is 1. The molecule has 0 aliphatic carbocycles. The minimum absolute atomic E-state index is 0.167. The van der Waals surface area contributed by atoms with E-state index in [9.17, 15) is 4.79 Å². The number of fused-ring (bicyclic) bond motifs is 1. The molecule has 3 heterocycles. The highest BCUT2D eigenvalue weighted by Gasteiger charge is 2.35. The van der Waals surface area contributed by atoms with Gasteiger partial charge in [-0.2, -0.15) is 0 Å². The smallest absolute Gasteiger partial charge is 0.236 e. The van der Waals surface area contributed by atoms with Gasteiger partial charge in [-0.05, 0) is 37.4 Å². The first kappa shape index (κ1) is 13.6. The van der Waals surface area contributed by atoms with Crippen LogP contribution in [0.5, 0.6) is 0 Å². The summed E-state index contributed by atoms with van der Waals surface area (Å²) < 4.78 is 5.28. The van der Waals surface area contributed by atoms with Gasteiger partial charge in [0.05, 0.1) is 19.4 Å². The van der Waals surface area contributed by atoms with Crippen LogP contribution in [-0.2, 0) is 11.3 Å². The minimum Gasteiger partial charge on any atom is -0.467 e. The van der Waals surface area contributed by atoms with Gasteiger partial charge in [0.25, 0.3) is 0 Å². The van der Waals surface area contributed by atoms with Crippen LogP contribution in [0, 0.1) is 5.92 Å². The first-order chi connectivity index (χ1) is 9.72. The number of nitrogens with zero attached hydrogens (tertiary/aromatic N) is 2. The van der Waals surface area contributed by atoms with Gasteiger partial charge in [-0.3, -0.25) is 9.69 Å². The fourth-order valence-electron chi connectivity index (χ4n) is 3.30. The zero-order valence-electron chi connectivity index (χ0n) is 12.0. The van der Waals surface area contributed by atoms with Crippen molar-refractivity contribution in [3.63, 3.8) is 0 Å². The van der Waals surface area contributed by atoms with Gasteiger partial charge in [-0.1, -0.05) is 0 Å². The first-order valence-corrected chi connectivity index (χ1v) is 7.44. The molecule has 5 heteroatoms. The molecule has 5 nitrogen and oxygen atoms in total. The zero-order chi connectivity index (χ0) is 13.9. The van der Waals surface area contributed by atoms with Crippen LogP contribution in [0.15, 0.2) is 22.8 Å². The minimum atomic E-state index is 0.167. The Hall–Kier alpha value is -1.33. The number of hydrogen-bond acceptors (Lipinski definition) is 4. The number of likely N-dealkylation sites (tertiary alicyclic amines) is 1. The average molecular weight is 277 g/mol. The molecule has 1 aromatic rings. The van der Waals surface area contributed by atoms with E-state index in [0.29, 0.717) is 19.1 Å². The normalized spacial score (nSPS) is 26.4. The second kappa shape index (κ2) is 5.97. The fraction of sp³-hybridized carbons (Fsp3) is 0.667. The average Bonchev–Trinajstić information content (AvgIpc) is 3.06. The van der Waals surface area contributed by atoms with E-state index in [0.717, 1.165) is 31.3 Å². The molecule has 0 saturated carbocycles. The highest BCUT2D eigenvalue weighted by Crippen LogP contribution is 2.24. The van der Waals surface area contributed by atoms with E-state index in [2.05, 4.69) is 10.2 Å². The van der Waals surface area contributed by atoms with Crippen LogP contribution in [-0.4, -0.2) is 55.0 Å². The highest BCUT2D eigenvalue weighted by molar-refractivity contribution is 5.78. The van der Waals surface area contributed by atoms with Crippen molar-refractivity contribution < 1.29 is 9.21 Å². The van der Waals surface area contributed by atoms with Gasteiger partial charge in [0.1, 0.15) is 5.76 Å². The van der Waals surface area contributed by atoms with E-state index in [-0.39, 0.29) is 5.91 Å². The maximum atomic E-state index is 12.3. The van der Waals surface area contributed by atoms with E-state index < -0.39 is 0 Å². The van der Waals surface area contributed by atoms with Crippen molar-refractivity contribution in [1.82, 2.24) is 15.1 Å². The quantitative estimate of drug-likeness (QED) is 0.889. The summed E-state index contributed by atoms with van der Waals surface area (Å²) in [6.45, 7) is 4.25. The van der Waals surface area contributed by atoms with E-state index in [4.69, 9.17) is 4.42 Å². The molecule has 0 unspecified atom stereocenters. The number of amides is 1. The van der Waals surface area contributed by atoms with E-state index in [1.807, 2.05) is 19.2 Å². The Bertz CT molecular complexity index is 432. The molecule has 2 aliphatic rings. The third kappa shape index (κ3) is 3.04. The molecule has 0 spiro atoms. The Morgan fingerprint density at radius 3 is 3.20 bits per heavy atom. The Labute approximate surface area is 119 Å². The van der Waals surface area contributed by atoms with Crippen LogP contribution in [0.4, 0.5) is 0 Å². The van der Waals surface area contributed by atoms with Gasteiger partial charge >= 0.3 is 0 Å². The molecule has 1 N–H and O–H groups in total. The predicted octanol–water partition coefficient (Wildman–Crippen LogP) is 0.922. The third-order valence-electron chi connectivity index (χ3n) is 4.43. The molecule has 2 saturated heterocycles. The van der Waals surface area contributed by atoms with E-state index in [1.165, 1.54) is 12.8 Å². The van der Waals surface area contributed by atoms with Crippen molar-refractivity contribution in [2.24, 2.45) is 5.92 Å². The molecule has 2 aliphatic heterocycles. The molecule has 0 aromatic carbocycles. The second-order valence-corrected chi connectivity index (χ2v) is 5.99. The standard InChI is InChI=1S/C15H23N3O2/c1-17(9-13-5-3-7-20-13)15(19)11-18-8-12-4-2-6-16-14(12)10-18/h3,5,7,12,14,16H,2,4,6,8-11H2,1H3/t12-,14+/m0/s1. The van der Waals surface area contributed by atoms with Crippen LogP contribution in [0.3, 0.4) is 0 Å². The Morgan fingerprint density at radius 2 is 2.45 bits per heavy atom. The lowest BCUT2D eigenvalue weighted by Gasteiger charge is -2.24. The van der Waals surface area contributed by atoms with Crippen molar-refractivity contribution in [3.8, 4) is 0 Å². The van der Waals surface area contributed by atoms with Gasteiger partial charge in [0, 0.05) is 26.2 Å². The lowest BCUT2D eigenvalue weighted by molar-refractivity contribution is -0.131. The lowest BCUT2D eigenvalue weighted by Crippen LogP contribution is -2.41. The summed E-state index contributed by atoms with van der Waals surface area (Å²) in [7, 11) is 1.84. The summed E-state index contributed by atoms with van der Waals surface area (Å²) in [5.74, 6) is 1.73. The van der Waals surface area contributed by atoms with E-state index in [1.54, 1.807) is 11.2 Å². The number of furan rings is 1. The zero-order valence-corrected chi connectivity index (χ0v) is 12.0. The molecule has 0 bridgehead atoms. The molecule has 110 valence electrons. The fourth-order valence-corrected chi connectivity index (χ4v) is 3.30. The molecule has 2 atom stereocenters. The van der Waals surface area contributed by atoms with Crippen LogP contribution < -0.4 is 5.32 Å². The molecule has 1 aromatic heterocycles. The maximum Gasteiger partial charge on any atom is 0.236 e. The van der Waals surface area contributed by atoms with Crippen LogP contribution >= 0.6 is 0 Å². The topological polar surface area (TPSA) is 48.7 Å². The van der Waals surface area contributed by atoms with Gasteiger partial charge in [0.15, 0.2) is 0 Å². The Balaban J connectivity index is 1.49. The monoisotopic (exact) mass is 277 g/mol. The van der Waals surface area contributed by atoms with Crippen molar-refractivity contribution in [2.75, 3.05) is 33.2 Å². The van der Waals surface area contributed by atoms with Crippen molar-refractivity contribution >= 4 is 5.91 Å². The second-order valence-electron chi connectivity index (χ2n) is 5.99. The number of carbonyl (C=O) groups is 1. The molecule has 2 fully saturated rings. The largest absolute Gasteiger partial charge is 0.467 e. The summed E-state index contributed by atoms with van der Waals surface area (Å²) in [5, 5.41) is 3.57. The Kier molecular flexibility index (Phi) is 4.08. The molecular formula is C15H23N3O2. The number of piperidine rings is 1. The highest BCUT2D eigenvalue weighted by atomic mass is 16.3.